The summed E-state index contributed by atoms with van der Waals surface area (Å²) in [5, 5.41) is 3.92. The lowest BCUT2D eigenvalue weighted by atomic mass is 9.90. The predicted octanol–water partition coefficient (Wildman–Crippen LogP) is 4.40. The number of halogens is 1. The van der Waals surface area contributed by atoms with Crippen LogP contribution in [0.2, 0.25) is 5.02 Å². The summed E-state index contributed by atoms with van der Waals surface area (Å²) < 4.78 is 0. The fourth-order valence-corrected chi connectivity index (χ4v) is 3.80. The Hall–Kier alpha value is -2.07. The molecule has 2 aromatic rings. The maximum Gasteiger partial charge on any atom is 0.223 e. The van der Waals surface area contributed by atoms with Gasteiger partial charge in [-0.25, -0.2) is 4.98 Å². The van der Waals surface area contributed by atoms with Gasteiger partial charge in [-0.05, 0) is 63.3 Å². The summed E-state index contributed by atoms with van der Waals surface area (Å²) in [6.07, 6.45) is 4.19. The molecule has 27 heavy (non-hydrogen) atoms. The van der Waals surface area contributed by atoms with Crippen LogP contribution in [0, 0.1) is 12.8 Å². The number of hydrogen-bond donors (Lipinski definition) is 1. The van der Waals surface area contributed by atoms with E-state index >= 15 is 0 Å². The van der Waals surface area contributed by atoms with Crippen LogP contribution in [0.1, 0.15) is 37.8 Å². The van der Waals surface area contributed by atoms with Gasteiger partial charge in [-0.3, -0.25) is 4.79 Å². The summed E-state index contributed by atoms with van der Waals surface area (Å²) in [4.78, 5) is 19.4. The van der Waals surface area contributed by atoms with E-state index in [2.05, 4.69) is 54.2 Å². The Morgan fingerprint density at radius 2 is 1.93 bits per heavy atom. The monoisotopic (exact) mass is 385 g/mol. The lowest BCUT2D eigenvalue weighted by Gasteiger charge is -2.34. The third-order valence-electron chi connectivity index (χ3n) is 5.26. The quantitative estimate of drug-likeness (QED) is 0.829. The molecule has 1 amide bonds. The number of carbonyl (C=O) groups excluding carboxylic acids is 1. The maximum atomic E-state index is 12.8. The second kappa shape index (κ2) is 8.30. The maximum absolute atomic E-state index is 12.8. The van der Waals surface area contributed by atoms with Gasteiger partial charge in [-0.2, -0.15) is 0 Å². The SMILES string of the molecule is Cc1ccccc1CC(C)(C)NC(=O)C1CCN(c2ccc(Cl)cn2)CC1. The zero-order chi connectivity index (χ0) is 19.4. The number of piperidine rings is 1. The van der Waals surface area contributed by atoms with Crippen molar-refractivity contribution in [3.05, 3.63) is 58.7 Å². The molecular weight excluding hydrogens is 358 g/mol. The molecule has 3 rings (SSSR count). The van der Waals surface area contributed by atoms with Crippen molar-refractivity contribution in [1.82, 2.24) is 10.3 Å². The van der Waals surface area contributed by atoms with Crippen molar-refractivity contribution >= 4 is 23.3 Å². The van der Waals surface area contributed by atoms with Crippen LogP contribution in [0.3, 0.4) is 0 Å². The molecule has 0 unspecified atom stereocenters. The highest BCUT2D eigenvalue weighted by Gasteiger charge is 2.29. The van der Waals surface area contributed by atoms with Crippen molar-refractivity contribution in [2.24, 2.45) is 5.92 Å². The first-order chi connectivity index (χ1) is 12.8. The molecule has 0 bridgehead atoms. The number of carbonyl (C=O) groups is 1. The summed E-state index contributed by atoms with van der Waals surface area (Å²) in [5.74, 6) is 1.15. The normalized spacial score (nSPS) is 15.6. The number of aromatic nitrogens is 1. The highest BCUT2D eigenvalue weighted by Crippen LogP contribution is 2.24. The average Bonchev–Trinajstić information content (AvgIpc) is 2.64. The number of amides is 1. The zero-order valence-electron chi connectivity index (χ0n) is 16.3. The molecule has 1 aromatic heterocycles. The van der Waals surface area contributed by atoms with E-state index in [4.69, 9.17) is 11.6 Å². The first kappa shape index (κ1) is 19.7. The molecular formula is C22H28ClN3O. The van der Waals surface area contributed by atoms with Crippen molar-refractivity contribution in [1.29, 1.82) is 0 Å². The van der Waals surface area contributed by atoms with Crippen molar-refractivity contribution in [2.45, 2.75) is 45.6 Å². The van der Waals surface area contributed by atoms with E-state index in [1.807, 2.05) is 18.2 Å². The highest BCUT2D eigenvalue weighted by molar-refractivity contribution is 6.30. The number of aryl methyl sites for hydroxylation is 1. The third-order valence-corrected chi connectivity index (χ3v) is 5.48. The van der Waals surface area contributed by atoms with E-state index in [1.54, 1.807) is 6.20 Å². The van der Waals surface area contributed by atoms with E-state index < -0.39 is 0 Å². The van der Waals surface area contributed by atoms with Crippen LogP contribution in [0.25, 0.3) is 0 Å². The number of rotatable bonds is 5. The van der Waals surface area contributed by atoms with E-state index in [-0.39, 0.29) is 17.4 Å². The van der Waals surface area contributed by atoms with Gasteiger partial charge >= 0.3 is 0 Å². The predicted molar refractivity (Wildman–Crippen MR) is 111 cm³/mol. The van der Waals surface area contributed by atoms with Crippen molar-refractivity contribution < 1.29 is 4.79 Å². The van der Waals surface area contributed by atoms with Crippen molar-refractivity contribution in [2.75, 3.05) is 18.0 Å². The minimum absolute atomic E-state index is 0.0599. The molecule has 1 aliphatic heterocycles. The molecule has 1 N–H and O–H groups in total. The molecule has 5 heteroatoms. The van der Waals surface area contributed by atoms with Gasteiger partial charge < -0.3 is 10.2 Å². The summed E-state index contributed by atoms with van der Waals surface area (Å²) in [6, 6.07) is 12.2. The molecule has 0 atom stereocenters. The fraction of sp³-hybridized carbons (Fsp3) is 0.455. The molecule has 1 saturated heterocycles. The largest absolute Gasteiger partial charge is 0.357 e. The van der Waals surface area contributed by atoms with E-state index in [9.17, 15) is 4.79 Å². The van der Waals surface area contributed by atoms with E-state index in [0.717, 1.165) is 38.2 Å². The minimum Gasteiger partial charge on any atom is -0.357 e. The second-order valence-electron chi connectivity index (χ2n) is 8.07. The van der Waals surface area contributed by atoms with Gasteiger partial charge in [0, 0.05) is 30.7 Å². The minimum atomic E-state index is -0.266. The molecule has 2 heterocycles. The van der Waals surface area contributed by atoms with Crippen LogP contribution in [0.15, 0.2) is 42.6 Å². The van der Waals surface area contributed by atoms with Crippen molar-refractivity contribution in [3.63, 3.8) is 0 Å². The molecule has 0 aliphatic carbocycles. The van der Waals surface area contributed by atoms with Gasteiger partial charge in [-0.1, -0.05) is 35.9 Å². The third kappa shape index (κ3) is 5.23. The Balaban J connectivity index is 1.54. The van der Waals surface area contributed by atoms with Crippen LogP contribution >= 0.6 is 11.6 Å². The van der Waals surface area contributed by atoms with Crippen LogP contribution in [-0.4, -0.2) is 29.5 Å². The number of nitrogens with one attached hydrogen (secondary N) is 1. The topological polar surface area (TPSA) is 45.2 Å². The summed E-state index contributed by atoms with van der Waals surface area (Å²) >= 11 is 5.91. The Kier molecular flexibility index (Phi) is 6.05. The number of hydrogen-bond acceptors (Lipinski definition) is 3. The zero-order valence-corrected chi connectivity index (χ0v) is 17.1. The first-order valence-corrected chi connectivity index (χ1v) is 9.95. The fourth-order valence-electron chi connectivity index (χ4n) is 3.69. The van der Waals surface area contributed by atoms with E-state index in [0.29, 0.717) is 5.02 Å². The summed E-state index contributed by atoms with van der Waals surface area (Å²) in [7, 11) is 0. The van der Waals surface area contributed by atoms with Crippen LogP contribution in [-0.2, 0) is 11.2 Å². The van der Waals surface area contributed by atoms with Gasteiger partial charge in [0.2, 0.25) is 5.91 Å². The van der Waals surface area contributed by atoms with Crippen molar-refractivity contribution in [3.8, 4) is 0 Å². The Morgan fingerprint density at radius 1 is 1.22 bits per heavy atom. The van der Waals surface area contributed by atoms with Gasteiger partial charge in [0.25, 0.3) is 0 Å². The second-order valence-corrected chi connectivity index (χ2v) is 8.51. The molecule has 0 radical (unpaired) electrons. The molecule has 144 valence electrons. The lowest BCUT2D eigenvalue weighted by Crippen LogP contribution is -2.49. The Labute approximate surface area is 166 Å². The molecule has 1 aromatic carbocycles. The van der Waals surface area contributed by atoms with Gasteiger partial charge in [0.15, 0.2) is 0 Å². The Bertz CT molecular complexity index is 780. The molecule has 4 nitrogen and oxygen atoms in total. The Morgan fingerprint density at radius 3 is 2.56 bits per heavy atom. The van der Waals surface area contributed by atoms with Gasteiger partial charge in [0.05, 0.1) is 5.02 Å². The molecule has 1 aliphatic rings. The summed E-state index contributed by atoms with van der Waals surface area (Å²) in [6.45, 7) is 8.00. The van der Waals surface area contributed by atoms with Gasteiger partial charge in [-0.15, -0.1) is 0 Å². The highest BCUT2D eigenvalue weighted by atomic mass is 35.5. The van der Waals surface area contributed by atoms with Crippen LogP contribution < -0.4 is 10.2 Å². The molecule has 0 saturated carbocycles. The standard InChI is InChI=1S/C22H28ClN3O/c1-16-6-4-5-7-18(16)14-22(2,3)25-21(27)17-10-12-26(13-11-17)20-9-8-19(23)15-24-20/h4-9,15,17H,10-14H2,1-3H3,(H,25,27). The first-order valence-electron chi connectivity index (χ1n) is 9.57. The average molecular weight is 386 g/mol. The van der Waals surface area contributed by atoms with Crippen LogP contribution in [0.4, 0.5) is 5.82 Å². The number of nitrogens with zero attached hydrogens (tertiary/aromatic N) is 2. The van der Waals surface area contributed by atoms with E-state index in [1.165, 1.54) is 11.1 Å². The molecule has 0 spiro atoms. The number of anilines is 1. The lowest BCUT2D eigenvalue weighted by molar-refractivity contribution is -0.127. The smallest absolute Gasteiger partial charge is 0.223 e. The molecule has 1 fully saturated rings. The number of pyridine rings is 1. The number of benzene rings is 1. The summed E-state index contributed by atoms with van der Waals surface area (Å²) in [5.41, 5.74) is 2.29. The van der Waals surface area contributed by atoms with Gasteiger partial charge in [0.1, 0.15) is 5.82 Å². The van der Waals surface area contributed by atoms with Crippen LogP contribution in [0.5, 0.6) is 0 Å².